The lowest BCUT2D eigenvalue weighted by Gasteiger charge is -2.12. The molecule has 2 N–H and O–H groups in total. The van der Waals surface area contributed by atoms with Crippen LogP contribution in [-0.2, 0) is 22.5 Å². The molecule has 1 aliphatic heterocycles. The van der Waals surface area contributed by atoms with Gasteiger partial charge in [0.05, 0.1) is 10.8 Å². The summed E-state index contributed by atoms with van der Waals surface area (Å²) in [5.74, 6) is 0.830. The molecule has 5 rings (SSSR count). The number of ether oxygens (including phenoxy) is 2. The second-order valence-electron chi connectivity index (χ2n) is 9.52. The average molecular weight is 568 g/mol. The molecular weight excluding hydrogens is 538 g/mol. The Hall–Kier alpha value is -4.63. The topological polar surface area (TPSA) is 107 Å². The number of carbonyl (C=O) groups is 3. The lowest BCUT2D eigenvalue weighted by atomic mass is 9.98. The van der Waals surface area contributed by atoms with Crippen molar-refractivity contribution in [1.82, 2.24) is 10.3 Å². The Morgan fingerprint density at radius 3 is 2.54 bits per heavy atom. The highest BCUT2D eigenvalue weighted by Crippen LogP contribution is 2.28. The van der Waals surface area contributed by atoms with E-state index in [0.717, 1.165) is 45.4 Å². The Labute approximate surface area is 242 Å². The molecule has 0 radical (unpaired) electrons. The van der Waals surface area contributed by atoms with Crippen molar-refractivity contribution in [1.29, 1.82) is 0 Å². The van der Waals surface area contributed by atoms with Gasteiger partial charge >= 0.3 is 5.97 Å². The van der Waals surface area contributed by atoms with Gasteiger partial charge in [0.2, 0.25) is 5.91 Å². The van der Waals surface area contributed by atoms with Gasteiger partial charge in [-0.15, -0.1) is 0 Å². The smallest absolute Gasteiger partial charge is 0.338 e. The number of thioether (sulfide) groups is 1. The number of amides is 2. The summed E-state index contributed by atoms with van der Waals surface area (Å²) < 4.78 is 11.1. The number of benzene rings is 3. The van der Waals surface area contributed by atoms with Crippen molar-refractivity contribution in [3.8, 4) is 16.9 Å². The van der Waals surface area contributed by atoms with Crippen LogP contribution < -0.4 is 15.4 Å². The van der Waals surface area contributed by atoms with Gasteiger partial charge in [0, 0.05) is 12.7 Å². The molecule has 1 aliphatic rings. The number of pyridine rings is 1. The van der Waals surface area contributed by atoms with Crippen LogP contribution in [0.2, 0.25) is 0 Å². The second kappa shape index (κ2) is 13.1. The summed E-state index contributed by atoms with van der Waals surface area (Å²) in [6, 6.07) is 26.9. The van der Waals surface area contributed by atoms with Gasteiger partial charge < -0.3 is 14.8 Å². The molecule has 2 heterocycles. The van der Waals surface area contributed by atoms with E-state index in [4.69, 9.17) is 9.47 Å². The Bertz CT molecular complexity index is 1540. The standard InChI is InChI=1S/C32H29N3O5S/c1-21-16-26(39-14-15-40-31(37)24-7-3-2-4-8-24)11-12-27(21)25-9-5-6-22(17-25)19-33-29-13-10-23(20-34-29)18-28-30(36)35-32(38)41-28/h2-13,16-17,20,28H,14-15,18-19H2,1H3,(H,33,34)(H,35,36,38). The molecule has 1 aromatic heterocycles. The van der Waals surface area contributed by atoms with Gasteiger partial charge in [-0.25, -0.2) is 9.78 Å². The third-order valence-corrected chi connectivity index (χ3v) is 7.50. The molecule has 208 valence electrons. The third-order valence-electron chi connectivity index (χ3n) is 6.52. The number of hydrogen-bond donors (Lipinski definition) is 2. The Kier molecular flexibility index (Phi) is 8.95. The minimum absolute atomic E-state index is 0.166. The lowest BCUT2D eigenvalue weighted by Crippen LogP contribution is -2.25. The number of esters is 1. The number of imide groups is 1. The van der Waals surface area contributed by atoms with Crippen LogP contribution in [0.1, 0.15) is 27.0 Å². The molecule has 9 heteroatoms. The highest BCUT2D eigenvalue weighted by Gasteiger charge is 2.31. The first-order chi connectivity index (χ1) is 19.9. The summed E-state index contributed by atoms with van der Waals surface area (Å²) in [5, 5.41) is 4.95. The van der Waals surface area contributed by atoms with Crippen LogP contribution >= 0.6 is 11.8 Å². The minimum atomic E-state index is -0.403. The molecule has 0 spiro atoms. The van der Waals surface area contributed by atoms with E-state index in [0.29, 0.717) is 24.3 Å². The van der Waals surface area contributed by atoms with E-state index in [2.05, 4.69) is 33.8 Å². The predicted molar refractivity (Wildman–Crippen MR) is 159 cm³/mol. The van der Waals surface area contributed by atoms with Gasteiger partial charge in [0.1, 0.15) is 24.8 Å². The molecule has 8 nitrogen and oxygen atoms in total. The van der Waals surface area contributed by atoms with Crippen molar-refractivity contribution in [2.75, 3.05) is 18.5 Å². The molecule has 0 aliphatic carbocycles. The fraction of sp³-hybridized carbons (Fsp3) is 0.188. The number of rotatable bonds is 11. The van der Waals surface area contributed by atoms with Crippen molar-refractivity contribution < 1.29 is 23.9 Å². The fourth-order valence-corrected chi connectivity index (χ4v) is 5.29. The van der Waals surface area contributed by atoms with Crippen LogP contribution in [0.5, 0.6) is 5.75 Å². The summed E-state index contributed by atoms with van der Waals surface area (Å²) in [5.41, 5.74) is 5.79. The maximum Gasteiger partial charge on any atom is 0.338 e. The number of carbonyl (C=O) groups excluding carboxylic acids is 3. The average Bonchev–Trinajstić information content (AvgIpc) is 3.31. The van der Waals surface area contributed by atoms with Gasteiger partial charge in [-0.05, 0) is 77.6 Å². The van der Waals surface area contributed by atoms with E-state index in [1.165, 1.54) is 0 Å². The molecule has 1 saturated heterocycles. The number of nitrogens with zero attached hydrogens (tertiary/aromatic N) is 1. The maximum absolute atomic E-state index is 12.0. The summed E-state index contributed by atoms with van der Waals surface area (Å²) in [6.07, 6.45) is 2.19. The van der Waals surface area contributed by atoms with E-state index in [1.807, 2.05) is 49.4 Å². The Balaban J connectivity index is 1.12. The van der Waals surface area contributed by atoms with Gasteiger partial charge in [-0.1, -0.05) is 60.3 Å². The lowest BCUT2D eigenvalue weighted by molar-refractivity contribution is -0.118. The molecule has 1 unspecified atom stereocenters. The summed E-state index contributed by atoms with van der Waals surface area (Å²) in [6.45, 7) is 3.07. The highest BCUT2D eigenvalue weighted by molar-refractivity contribution is 8.15. The molecule has 0 saturated carbocycles. The number of hydrogen-bond acceptors (Lipinski definition) is 8. The summed E-state index contributed by atoms with van der Waals surface area (Å²) >= 11 is 1.02. The fourth-order valence-electron chi connectivity index (χ4n) is 4.43. The number of anilines is 1. The highest BCUT2D eigenvalue weighted by atomic mass is 32.2. The van der Waals surface area contributed by atoms with E-state index >= 15 is 0 Å². The first-order valence-electron chi connectivity index (χ1n) is 13.2. The molecule has 3 aromatic carbocycles. The van der Waals surface area contributed by atoms with Gasteiger partial charge in [-0.3, -0.25) is 14.9 Å². The van der Waals surface area contributed by atoms with E-state index in [1.54, 1.807) is 30.5 Å². The van der Waals surface area contributed by atoms with E-state index < -0.39 is 5.25 Å². The molecular formula is C32H29N3O5S. The quantitative estimate of drug-likeness (QED) is 0.173. The van der Waals surface area contributed by atoms with E-state index in [9.17, 15) is 14.4 Å². The van der Waals surface area contributed by atoms with Crippen molar-refractivity contribution in [2.24, 2.45) is 0 Å². The van der Waals surface area contributed by atoms with Crippen molar-refractivity contribution in [2.45, 2.75) is 25.1 Å². The van der Waals surface area contributed by atoms with Crippen molar-refractivity contribution in [3.05, 3.63) is 113 Å². The number of nitrogens with one attached hydrogen (secondary N) is 2. The monoisotopic (exact) mass is 567 g/mol. The van der Waals surface area contributed by atoms with Gasteiger partial charge in [-0.2, -0.15) is 0 Å². The summed E-state index contributed by atoms with van der Waals surface area (Å²) in [7, 11) is 0. The SMILES string of the molecule is Cc1cc(OCCOC(=O)c2ccccc2)ccc1-c1cccc(CNc2ccc(CC3SC(=O)NC3=O)cn2)c1. The van der Waals surface area contributed by atoms with Crippen molar-refractivity contribution >= 4 is 34.7 Å². The number of aromatic nitrogens is 1. The molecule has 1 atom stereocenters. The molecule has 2 amide bonds. The molecule has 0 bridgehead atoms. The van der Waals surface area contributed by atoms with Crippen LogP contribution in [0.4, 0.5) is 10.6 Å². The largest absolute Gasteiger partial charge is 0.490 e. The van der Waals surface area contributed by atoms with Crippen LogP contribution in [0.15, 0.2) is 91.1 Å². The zero-order valence-electron chi connectivity index (χ0n) is 22.5. The van der Waals surface area contributed by atoms with Crippen LogP contribution in [0, 0.1) is 6.92 Å². The number of aryl methyl sites for hydroxylation is 1. The predicted octanol–water partition coefficient (Wildman–Crippen LogP) is 5.80. The molecule has 1 fully saturated rings. The maximum atomic E-state index is 12.0. The van der Waals surface area contributed by atoms with Crippen LogP contribution in [0.25, 0.3) is 11.1 Å². The van der Waals surface area contributed by atoms with Gasteiger partial charge in [0.25, 0.3) is 5.24 Å². The van der Waals surface area contributed by atoms with E-state index in [-0.39, 0.29) is 30.3 Å². The summed E-state index contributed by atoms with van der Waals surface area (Å²) in [4.78, 5) is 39.7. The first-order valence-corrected chi connectivity index (χ1v) is 14.1. The third kappa shape index (κ3) is 7.52. The normalized spacial score (nSPS) is 14.4. The zero-order chi connectivity index (χ0) is 28.6. The molecule has 41 heavy (non-hydrogen) atoms. The van der Waals surface area contributed by atoms with Gasteiger partial charge in [0.15, 0.2) is 0 Å². The van der Waals surface area contributed by atoms with Crippen LogP contribution in [0.3, 0.4) is 0 Å². The minimum Gasteiger partial charge on any atom is -0.490 e. The van der Waals surface area contributed by atoms with Crippen LogP contribution in [-0.4, -0.2) is 40.6 Å². The second-order valence-corrected chi connectivity index (χ2v) is 10.7. The first kappa shape index (κ1) is 27.9. The Morgan fingerprint density at radius 2 is 1.80 bits per heavy atom. The van der Waals surface area contributed by atoms with Crippen molar-refractivity contribution in [3.63, 3.8) is 0 Å². The zero-order valence-corrected chi connectivity index (χ0v) is 23.3. The molecule has 4 aromatic rings. The Morgan fingerprint density at radius 1 is 0.951 bits per heavy atom.